The predicted molar refractivity (Wildman–Crippen MR) is 28.1 cm³/mol. The molecule has 0 saturated carbocycles. The van der Waals surface area contributed by atoms with Gasteiger partial charge in [0.05, 0.1) is 0 Å². The first-order valence-corrected chi connectivity index (χ1v) is 5.07. The molecule has 0 unspecified atom stereocenters. The zero-order valence-electron chi connectivity index (χ0n) is 4.05. The summed E-state index contributed by atoms with van der Waals surface area (Å²) in [5.74, 6) is 0. The Morgan fingerprint density at radius 1 is 1.14 bits per heavy atom. The van der Waals surface area contributed by atoms with E-state index >= 15 is 0 Å². The molecule has 0 aliphatic rings. The molecule has 0 radical (unpaired) electrons. The van der Waals surface area contributed by atoms with Crippen LogP contribution in [0.25, 0.3) is 0 Å². The van der Waals surface area contributed by atoms with Gasteiger partial charge in [-0.25, -0.2) is 0 Å². The Hall–Kier alpha value is 3.01. The zero-order chi connectivity index (χ0) is 4.12. The summed E-state index contributed by atoms with van der Waals surface area (Å²) < 4.78 is 0. The average Bonchev–Trinajstić information content (AvgIpc) is 1.41. The molecule has 0 aliphatic carbocycles. The summed E-state index contributed by atoms with van der Waals surface area (Å²) in [4.78, 5) is 2.91. The first-order valence-electron chi connectivity index (χ1n) is 1.86. The first-order chi connectivity index (χ1) is 2.41. The Morgan fingerprint density at radius 2 is 1.43 bits per heavy atom. The molecule has 0 aromatic heterocycles. The van der Waals surface area contributed by atoms with Crippen molar-refractivity contribution < 1.29 is 39.6 Å². The standard InChI is InChI=1S/2C2H5.K.2Pt.H/c2*1-2;;;;/h2*1H2,2H3;;;;. The summed E-state index contributed by atoms with van der Waals surface area (Å²) in [6.45, 7) is 4.52. The van der Waals surface area contributed by atoms with Gasteiger partial charge in [0.2, 0.25) is 0 Å². The van der Waals surface area contributed by atoms with Gasteiger partial charge in [-0.1, -0.05) is 0 Å². The molecule has 0 atom stereocenters. The summed E-state index contributed by atoms with van der Waals surface area (Å²) in [5, 5.41) is 0. The number of hydrogen-bond donors (Lipinski definition) is 0. The molecule has 0 fully saturated rings. The van der Waals surface area contributed by atoms with Crippen molar-refractivity contribution in [1.82, 2.24) is 0 Å². The van der Waals surface area contributed by atoms with E-state index in [-0.39, 0.29) is 72.4 Å². The summed E-state index contributed by atoms with van der Waals surface area (Å²) in [6.07, 6.45) is 0. The molecule has 0 aliphatic heterocycles. The molecule has 48 valence electrons. The molecule has 0 rings (SSSR count). The minimum Gasteiger partial charge on any atom is 0 e. The summed E-state index contributed by atoms with van der Waals surface area (Å²) in [7, 11) is 0. The molecular formula is C4H11KPt2. The molecule has 0 amide bonds. The molecule has 0 spiro atoms. The van der Waals surface area contributed by atoms with Crippen LogP contribution in [0.5, 0.6) is 0 Å². The van der Waals surface area contributed by atoms with E-state index in [1.54, 1.807) is 0 Å². The Balaban J connectivity index is -0.0000000800. The second kappa shape index (κ2) is 16.0. The fourth-order valence-corrected chi connectivity index (χ4v) is 1.29. The van der Waals surface area contributed by atoms with Gasteiger partial charge in [0.25, 0.3) is 0 Å². The van der Waals surface area contributed by atoms with Crippen molar-refractivity contribution in [1.29, 1.82) is 0 Å². The van der Waals surface area contributed by atoms with Crippen molar-refractivity contribution >= 4 is 51.4 Å². The molecule has 0 saturated heterocycles. The van der Waals surface area contributed by atoms with E-state index in [0.29, 0.717) is 18.6 Å². The van der Waals surface area contributed by atoms with Crippen LogP contribution in [-0.2, 0) is 39.6 Å². The van der Waals surface area contributed by atoms with Gasteiger partial charge in [0.15, 0.2) is 0 Å². The maximum absolute atomic E-state index is 2.26. The molecule has 0 N–H and O–H groups in total. The van der Waals surface area contributed by atoms with E-state index in [4.69, 9.17) is 0 Å². The minimum atomic E-state index is 0. The SMILES string of the molecule is C[CH2][Pt][CH2]C.[KH].[Pt]. The van der Waals surface area contributed by atoms with E-state index in [1.165, 1.54) is 9.62 Å². The first kappa shape index (κ1) is 16.5. The van der Waals surface area contributed by atoms with Crippen LogP contribution in [0.2, 0.25) is 9.62 Å². The van der Waals surface area contributed by atoms with Gasteiger partial charge in [-0.3, -0.25) is 0 Å². The van der Waals surface area contributed by atoms with Gasteiger partial charge in [0.1, 0.15) is 0 Å². The van der Waals surface area contributed by atoms with Crippen LogP contribution in [0.15, 0.2) is 0 Å². The molecule has 3 heteroatoms. The van der Waals surface area contributed by atoms with Gasteiger partial charge in [-0.05, 0) is 0 Å². The van der Waals surface area contributed by atoms with E-state index < -0.39 is 0 Å². The van der Waals surface area contributed by atoms with E-state index in [9.17, 15) is 0 Å². The molecule has 0 heterocycles. The Morgan fingerprint density at radius 3 is 1.43 bits per heavy atom. The Labute approximate surface area is 112 Å². The summed E-state index contributed by atoms with van der Waals surface area (Å²) >= 11 is 0.623. The smallest absolute Gasteiger partial charge is 0 e. The second-order valence-corrected chi connectivity index (χ2v) is 4.95. The second-order valence-electron chi connectivity index (χ2n) is 0.605. The summed E-state index contributed by atoms with van der Waals surface area (Å²) in [5.41, 5.74) is 0. The van der Waals surface area contributed by atoms with Gasteiger partial charge in [0, 0.05) is 21.1 Å². The third-order valence-corrected chi connectivity index (χ3v) is 2.59. The van der Waals surface area contributed by atoms with Crippen LogP contribution in [0.4, 0.5) is 0 Å². The van der Waals surface area contributed by atoms with Gasteiger partial charge >= 0.3 is 93.4 Å². The van der Waals surface area contributed by atoms with Crippen molar-refractivity contribution in [3.8, 4) is 0 Å². The third kappa shape index (κ3) is 17.6. The largest absolute Gasteiger partial charge is 0 e. The van der Waals surface area contributed by atoms with Crippen molar-refractivity contribution in [3.63, 3.8) is 0 Å². The third-order valence-electron chi connectivity index (χ3n) is 0.316. The van der Waals surface area contributed by atoms with Crippen LogP contribution < -0.4 is 0 Å². The molecule has 0 bridgehead atoms. The Kier molecular flexibility index (Phi) is 37.8. The van der Waals surface area contributed by atoms with Crippen LogP contribution >= 0.6 is 0 Å². The van der Waals surface area contributed by atoms with Crippen LogP contribution in [0.3, 0.4) is 0 Å². The maximum Gasteiger partial charge on any atom is 0 e. The predicted octanol–water partition coefficient (Wildman–Crippen LogP) is 1.29. The van der Waals surface area contributed by atoms with Crippen molar-refractivity contribution in [2.24, 2.45) is 0 Å². The fourth-order valence-electron chi connectivity index (χ4n) is 0.158. The van der Waals surface area contributed by atoms with Crippen LogP contribution in [-0.4, -0.2) is 51.4 Å². The van der Waals surface area contributed by atoms with E-state index in [0.717, 1.165) is 0 Å². The van der Waals surface area contributed by atoms with Crippen LogP contribution in [0.1, 0.15) is 13.8 Å². The molecule has 0 nitrogen and oxygen atoms in total. The molecule has 7 heavy (non-hydrogen) atoms. The van der Waals surface area contributed by atoms with Crippen molar-refractivity contribution in [3.05, 3.63) is 0 Å². The van der Waals surface area contributed by atoms with E-state index in [2.05, 4.69) is 13.8 Å². The molecule has 0 aromatic carbocycles. The maximum atomic E-state index is 2.26. The normalized spacial score (nSPS) is 6.57. The van der Waals surface area contributed by atoms with Crippen molar-refractivity contribution in [2.75, 3.05) is 0 Å². The summed E-state index contributed by atoms with van der Waals surface area (Å²) in [6, 6.07) is 0. The fraction of sp³-hybridized carbons (Fsp3) is 1.00. The molecular weight excluding hydrogens is 477 g/mol. The van der Waals surface area contributed by atoms with Crippen LogP contribution in [0, 0.1) is 0 Å². The number of hydrogen-bond acceptors (Lipinski definition) is 0. The minimum absolute atomic E-state index is 0. The number of rotatable bonds is 2. The quantitative estimate of drug-likeness (QED) is 0.515. The van der Waals surface area contributed by atoms with Gasteiger partial charge in [-0.2, -0.15) is 0 Å². The van der Waals surface area contributed by atoms with Gasteiger partial charge < -0.3 is 0 Å². The average molecular weight is 488 g/mol. The Bertz CT molecular complexity index is 17.2. The molecule has 0 aromatic rings. The van der Waals surface area contributed by atoms with Crippen molar-refractivity contribution in [2.45, 2.75) is 23.5 Å². The van der Waals surface area contributed by atoms with E-state index in [1.807, 2.05) is 0 Å². The monoisotopic (exact) mass is 488 g/mol. The van der Waals surface area contributed by atoms with Gasteiger partial charge in [-0.15, -0.1) is 0 Å². The zero-order valence-corrected chi connectivity index (χ0v) is 8.59. The topological polar surface area (TPSA) is 0 Å².